The van der Waals surface area contributed by atoms with E-state index in [-0.39, 0.29) is 48.8 Å². The number of rotatable bonds is 12. The van der Waals surface area contributed by atoms with Crippen molar-refractivity contribution in [3.8, 4) is 11.5 Å². The number of methoxy groups -OCH3 is 2. The van der Waals surface area contributed by atoms with Gasteiger partial charge in [-0.05, 0) is 48.0 Å². The third kappa shape index (κ3) is 6.76. The number of nitrogens with zero attached hydrogens (tertiary/aromatic N) is 1. The predicted octanol–water partition coefficient (Wildman–Crippen LogP) is 1.86. The average Bonchev–Trinajstić information content (AvgIpc) is 2.92. The molecule has 1 aliphatic rings. The van der Waals surface area contributed by atoms with E-state index in [2.05, 4.69) is 5.32 Å². The molecule has 2 aromatic carbocycles. The van der Waals surface area contributed by atoms with E-state index in [1.54, 1.807) is 25.3 Å². The number of allylic oxidation sites excluding steroid dienone is 1. The van der Waals surface area contributed by atoms with E-state index >= 15 is 0 Å². The summed E-state index contributed by atoms with van der Waals surface area (Å²) < 4.78 is 49.2. The normalized spacial score (nSPS) is 17.8. The molecule has 0 spiro atoms. The van der Waals surface area contributed by atoms with Crippen LogP contribution in [0.5, 0.6) is 11.5 Å². The summed E-state index contributed by atoms with van der Waals surface area (Å²) in [6, 6.07) is 13.5. The molecular formula is C25H32N2O8S. The lowest BCUT2D eigenvalue weighted by atomic mass is 9.93. The maximum atomic E-state index is 13.1. The molecule has 36 heavy (non-hydrogen) atoms. The molecule has 0 aliphatic carbocycles. The summed E-state index contributed by atoms with van der Waals surface area (Å²) in [6.45, 7) is -0.461. The smallest absolute Gasteiger partial charge is 0.285 e. The second kappa shape index (κ2) is 12.7. The molecule has 0 bridgehead atoms. The van der Waals surface area contributed by atoms with Gasteiger partial charge in [0.05, 0.1) is 32.3 Å². The Morgan fingerprint density at radius 1 is 1.06 bits per heavy atom. The molecular weight excluding hydrogens is 488 g/mol. The molecule has 2 aromatic rings. The third-order valence-electron chi connectivity index (χ3n) is 5.74. The Kier molecular flexibility index (Phi) is 9.71. The summed E-state index contributed by atoms with van der Waals surface area (Å²) in [6.07, 6.45) is 1.40. The lowest BCUT2D eigenvalue weighted by Gasteiger charge is -2.30. The van der Waals surface area contributed by atoms with Gasteiger partial charge in [-0.2, -0.15) is 4.31 Å². The summed E-state index contributed by atoms with van der Waals surface area (Å²) in [7, 11) is 0.725. The van der Waals surface area contributed by atoms with Crippen molar-refractivity contribution >= 4 is 15.9 Å². The molecule has 0 unspecified atom stereocenters. The Hall–Kier alpha value is -3.12. The lowest BCUT2D eigenvalue weighted by molar-refractivity contribution is -0.146. The Morgan fingerprint density at radius 2 is 1.67 bits per heavy atom. The van der Waals surface area contributed by atoms with E-state index in [9.17, 15) is 18.3 Å². The van der Waals surface area contributed by atoms with Gasteiger partial charge in [0, 0.05) is 32.5 Å². The van der Waals surface area contributed by atoms with Crippen molar-refractivity contribution in [3.63, 3.8) is 0 Å². The highest BCUT2D eigenvalue weighted by Crippen LogP contribution is 2.32. The number of hydrogen-bond donors (Lipinski definition) is 2. The molecule has 0 saturated heterocycles. The molecule has 11 heteroatoms. The highest BCUT2D eigenvalue weighted by atomic mass is 32.2. The summed E-state index contributed by atoms with van der Waals surface area (Å²) in [5.74, 6) is 0.847. The number of aliphatic hydroxyl groups is 1. The fraction of sp³-hybridized carbons (Fsp3) is 0.400. The van der Waals surface area contributed by atoms with E-state index in [1.165, 1.54) is 26.3 Å². The SMILES string of the molecule is CNC(=O)C1=C[C@H](c2ccc(OC)cc2)C[C@H](OCCN(CCO)S(=O)(=O)c2ccc(OC)cc2)O1. The van der Waals surface area contributed by atoms with Crippen LogP contribution in [-0.2, 0) is 24.3 Å². The predicted molar refractivity (Wildman–Crippen MR) is 132 cm³/mol. The van der Waals surface area contributed by atoms with Crippen LogP contribution in [0, 0.1) is 0 Å². The molecule has 1 amide bonds. The number of hydrogen-bond acceptors (Lipinski definition) is 8. The van der Waals surface area contributed by atoms with Crippen LogP contribution in [0.4, 0.5) is 0 Å². The summed E-state index contributed by atoms with van der Waals surface area (Å²) >= 11 is 0. The fourth-order valence-electron chi connectivity index (χ4n) is 3.77. The highest BCUT2D eigenvalue weighted by Gasteiger charge is 2.29. The maximum Gasteiger partial charge on any atom is 0.285 e. The van der Waals surface area contributed by atoms with Crippen molar-refractivity contribution in [2.24, 2.45) is 0 Å². The molecule has 0 saturated carbocycles. The van der Waals surface area contributed by atoms with Crippen LogP contribution in [0.3, 0.4) is 0 Å². The van der Waals surface area contributed by atoms with Crippen LogP contribution in [-0.4, -0.2) is 77.6 Å². The molecule has 1 aliphatic heterocycles. The zero-order valence-electron chi connectivity index (χ0n) is 20.5. The van der Waals surface area contributed by atoms with Gasteiger partial charge in [-0.15, -0.1) is 0 Å². The van der Waals surface area contributed by atoms with Crippen LogP contribution in [0.25, 0.3) is 0 Å². The molecule has 0 fully saturated rings. The molecule has 0 radical (unpaired) electrons. The fourth-order valence-corrected chi connectivity index (χ4v) is 5.19. The minimum atomic E-state index is -3.87. The van der Waals surface area contributed by atoms with Gasteiger partial charge >= 0.3 is 0 Å². The number of benzene rings is 2. The molecule has 1 heterocycles. The first kappa shape index (κ1) is 27.5. The van der Waals surface area contributed by atoms with Crippen LogP contribution in [0.15, 0.2) is 65.3 Å². The first-order valence-corrected chi connectivity index (χ1v) is 12.9. The van der Waals surface area contributed by atoms with Gasteiger partial charge in [0.2, 0.25) is 16.3 Å². The number of nitrogens with one attached hydrogen (secondary N) is 1. The van der Waals surface area contributed by atoms with E-state index < -0.39 is 16.3 Å². The van der Waals surface area contributed by atoms with E-state index in [0.29, 0.717) is 12.2 Å². The lowest BCUT2D eigenvalue weighted by Crippen LogP contribution is -2.38. The largest absolute Gasteiger partial charge is 0.497 e. The molecule has 2 N–H and O–H groups in total. The van der Waals surface area contributed by atoms with Crippen molar-refractivity contribution in [2.75, 3.05) is 47.6 Å². The molecule has 10 nitrogen and oxygen atoms in total. The first-order chi connectivity index (χ1) is 17.3. The topological polar surface area (TPSA) is 124 Å². The monoisotopic (exact) mass is 520 g/mol. The summed E-state index contributed by atoms with van der Waals surface area (Å²) in [4.78, 5) is 12.4. The molecule has 196 valence electrons. The number of aliphatic hydroxyl groups excluding tert-OH is 1. The molecule has 3 rings (SSSR count). The van der Waals surface area contributed by atoms with Gasteiger partial charge in [0.15, 0.2) is 5.76 Å². The molecule has 2 atom stereocenters. The number of amides is 1. The Morgan fingerprint density at radius 3 is 2.22 bits per heavy atom. The van der Waals surface area contributed by atoms with Gasteiger partial charge in [-0.3, -0.25) is 4.79 Å². The average molecular weight is 521 g/mol. The number of likely N-dealkylation sites (N-methyl/N-ethyl adjacent to an activating group) is 1. The Bertz CT molecular complexity index is 1130. The van der Waals surface area contributed by atoms with Crippen molar-refractivity contribution in [1.29, 1.82) is 0 Å². The minimum absolute atomic E-state index is 0.00356. The number of ether oxygens (including phenoxy) is 4. The molecule has 0 aromatic heterocycles. The second-order valence-corrected chi connectivity index (χ2v) is 9.88. The van der Waals surface area contributed by atoms with Crippen molar-refractivity contribution in [3.05, 3.63) is 65.9 Å². The van der Waals surface area contributed by atoms with Gasteiger partial charge in [-0.1, -0.05) is 12.1 Å². The van der Waals surface area contributed by atoms with Gasteiger partial charge in [0.25, 0.3) is 5.91 Å². The maximum absolute atomic E-state index is 13.1. The number of sulfonamides is 1. The van der Waals surface area contributed by atoms with Crippen LogP contribution in [0.1, 0.15) is 17.9 Å². The van der Waals surface area contributed by atoms with E-state index in [1.807, 2.05) is 24.3 Å². The zero-order valence-corrected chi connectivity index (χ0v) is 21.4. The van der Waals surface area contributed by atoms with Crippen LogP contribution in [0.2, 0.25) is 0 Å². The highest BCUT2D eigenvalue weighted by molar-refractivity contribution is 7.89. The van der Waals surface area contributed by atoms with E-state index in [4.69, 9.17) is 18.9 Å². The second-order valence-electron chi connectivity index (χ2n) is 7.95. The van der Waals surface area contributed by atoms with Crippen LogP contribution < -0.4 is 14.8 Å². The van der Waals surface area contributed by atoms with Crippen molar-refractivity contribution < 1.29 is 37.3 Å². The number of carbonyl (C=O) groups excluding carboxylic acids is 1. The summed E-state index contributed by atoms with van der Waals surface area (Å²) in [5.41, 5.74) is 0.957. The first-order valence-electron chi connectivity index (χ1n) is 11.4. The standard InChI is InChI=1S/C25H32N2O8S/c1-26-25(29)23-16-19(18-4-6-20(32-2)7-5-18)17-24(35-23)34-15-13-27(12-14-28)36(30,31)22-10-8-21(33-3)9-11-22/h4-11,16,19,24,28H,12-15,17H2,1-3H3,(H,26,29)/t19-,24+/m0/s1. The van der Waals surface area contributed by atoms with Crippen molar-refractivity contribution in [1.82, 2.24) is 9.62 Å². The van der Waals surface area contributed by atoms with E-state index in [0.717, 1.165) is 15.6 Å². The third-order valence-corrected chi connectivity index (χ3v) is 7.66. The minimum Gasteiger partial charge on any atom is -0.497 e. The summed E-state index contributed by atoms with van der Waals surface area (Å²) in [5, 5.41) is 12.0. The zero-order chi connectivity index (χ0) is 26.1. The van der Waals surface area contributed by atoms with Gasteiger partial charge in [0.1, 0.15) is 11.5 Å². The van der Waals surface area contributed by atoms with Crippen molar-refractivity contribution in [2.45, 2.75) is 23.5 Å². The van der Waals surface area contributed by atoms with Gasteiger partial charge in [-0.25, -0.2) is 8.42 Å². The quantitative estimate of drug-likeness (QED) is 0.435. The van der Waals surface area contributed by atoms with Gasteiger partial charge < -0.3 is 29.4 Å². The number of carbonyl (C=O) groups is 1. The Balaban J connectivity index is 1.69. The van der Waals surface area contributed by atoms with Crippen LogP contribution >= 0.6 is 0 Å². The Labute approximate surface area is 211 Å².